The van der Waals surface area contributed by atoms with Crippen molar-refractivity contribution in [3.63, 3.8) is 0 Å². The molecule has 1 spiro atoms. The van der Waals surface area contributed by atoms with Gasteiger partial charge in [0.15, 0.2) is 0 Å². The number of aliphatic hydroxyl groups is 1. The van der Waals surface area contributed by atoms with Crippen molar-refractivity contribution in [2.75, 3.05) is 24.7 Å². The van der Waals surface area contributed by atoms with Crippen molar-refractivity contribution in [1.82, 2.24) is 4.90 Å². The number of fused-ring (bicyclic) bond motifs is 2. The van der Waals surface area contributed by atoms with E-state index in [1.807, 2.05) is 6.07 Å². The lowest BCUT2D eigenvalue weighted by atomic mass is 9.78. The zero-order valence-electron chi connectivity index (χ0n) is 19.8. The van der Waals surface area contributed by atoms with E-state index >= 15 is 0 Å². The van der Waals surface area contributed by atoms with E-state index in [1.165, 1.54) is 9.80 Å². The van der Waals surface area contributed by atoms with E-state index in [1.54, 1.807) is 72.8 Å². The third kappa shape index (κ3) is 3.54. The predicted octanol–water partition coefficient (Wildman–Crippen LogP) is 2.67. The fourth-order valence-electron chi connectivity index (χ4n) is 6.16. The van der Waals surface area contributed by atoms with Gasteiger partial charge in [0.2, 0.25) is 5.91 Å². The lowest BCUT2D eigenvalue weighted by Gasteiger charge is -2.38. The molecule has 2 saturated heterocycles. The SMILES string of the molecule is O=C1OCC=C[C@H]2O[C@]34C=CCN(c5ccccc5Cl)C(=O)C3N([C@H](CO)c3ccccc3)C(=O)[C@@H]4[C@@H]12. The molecule has 2 aromatic rings. The van der Waals surface area contributed by atoms with Crippen molar-refractivity contribution in [1.29, 1.82) is 0 Å². The van der Waals surface area contributed by atoms with Crippen LogP contribution in [0.4, 0.5) is 5.69 Å². The van der Waals surface area contributed by atoms with Crippen LogP contribution < -0.4 is 4.90 Å². The number of para-hydroxylation sites is 1. The normalized spacial score (nSPS) is 31.4. The third-order valence-corrected chi connectivity index (χ3v) is 8.01. The summed E-state index contributed by atoms with van der Waals surface area (Å²) in [7, 11) is 0. The zero-order chi connectivity index (χ0) is 25.7. The molecule has 190 valence electrons. The minimum absolute atomic E-state index is 0.0918. The molecule has 2 aromatic carbocycles. The highest BCUT2D eigenvalue weighted by Crippen LogP contribution is 2.55. The molecule has 2 amide bonds. The first kappa shape index (κ1) is 23.9. The molecule has 6 rings (SSSR count). The third-order valence-electron chi connectivity index (χ3n) is 7.69. The van der Waals surface area contributed by atoms with Crippen LogP contribution in [0.5, 0.6) is 0 Å². The molecule has 0 saturated carbocycles. The highest BCUT2D eigenvalue weighted by molar-refractivity contribution is 6.34. The molecule has 1 unspecified atom stereocenters. The molecule has 0 aliphatic carbocycles. The summed E-state index contributed by atoms with van der Waals surface area (Å²) in [6.45, 7) is -0.130. The van der Waals surface area contributed by atoms with Crippen LogP contribution >= 0.6 is 11.6 Å². The number of esters is 1. The first-order valence-electron chi connectivity index (χ1n) is 12.2. The molecule has 0 bridgehead atoms. The Bertz CT molecular complexity index is 1310. The van der Waals surface area contributed by atoms with Gasteiger partial charge in [0.05, 0.1) is 35.4 Å². The minimum atomic E-state index is -1.43. The predicted molar refractivity (Wildman–Crippen MR) is 135 cm³/mol. The molecule has 8 nitrogen and oxygen atoms in total. The number of hydrogen-bond acceptors (Lipinski definition) is 6. The zero-order valence-corrected chi connectivity index (χ0v) is 20.5. The maximum atomic E-state index is 14.4. The summed E-state index contributed by atoms with van der Waals surface area (Å²) >= 11 is 6.48. The number of hydrogen-bond donors (Lipinski definition) is 1. The van der Waals surface area contributed by atoms with Crippen LogP contribution in [-0.2, 0) is 23.9 Å². The van der Waals surface area contributed by atoms with Gasteiger partial charge in [0, 0.05) is 6.54 Å². The number of benzene rings is 2. The van der Waals surface area contributed by atoms with Crippen LogP contribution in [-0.4, -0.2) is 65.3 Å². The Balaban J connectivity index is 1.53. The van der Waals surface area contributed by atoms with Crippen molar-refractivity contribution in [3.8, 4) is 0 Å². The van der Waals surface area contributed by atoms with Crippen molar-refractivity contribution < 1.29 is 29.0 Å². The van der Waals surface area contributed by atoms with Gasteiger partial charge in [0.25, 0.3) is 5.91 Å². The summed E-state index contributed by atoms with van der Waals surface area (Å²) in [6.07, 6.45) is 6.22. The van der Waals surface area contributed by atoms with Gasteiger partial charge in [-0.2, -0.15) is 0 Å². The average molecular weight is 521 g/mol. The number of carbonyl (C=O) groups is 3. The van der Waals surface area contributed by atoms with E-state index in [4.69, 9.17) is 21.1 Å². The molecule has 0 aromatic heterocycles. The number of amides is 2. The molecular weight excluding hydrogens is 496 g/mol. The van der Waals surface area contributed by atoms with Crippen LogP contribution in [0, 0.1) is 11.8 Å². The quantitative estimate of drug-likeness (QED) is 0.492. The second-order valence-corrected chi connectivity index (χ2v) is 9.96. The first-order chi connectivity index (χ1) is 18.0. The summed E-state index contributed by atoms with van der Waals surface area (Å²) in [5.41, 5.74) is -0.264. The number of cyclic esters (lactones) is 1. The number of aliphatic hydroxyl groups excluding tert-OH is 1. The van der Waals surface area contributed by atoms with Gasteiger partial charge < -0.3 is 24.4 Å². The summed E-state index contributed by atoms with van der Waals surface area (Å²) in [5, 5.41) is 10.9. The second-order valence-electron chi connectivity index (χ2n) is 9.56. The van der Waals surface area contributed by atoms with Crippen LogP contribution in [0.2, 0.25) is 5.02 Å². The summed E-state index contributed by atoms with van der Waals surface area (Å²) in [6, 6.07) is 14.1. The van der Waals surface area contributed by atoms with Crippen LogP contribution in [0.3, 0.4) is 0 Å². The Morgan fingerprint density at radius 3 is 2.54 bits per heavy atom. The number of ether oxygens (including phenoxy) is 2. The maximum absolute atomic E-state index is 14.4. The van der Waals surface area contributed by atoms with Gasteiger partial charge in [0.1, 0.15) is 24.2 Å². The topological polar surface area (TPSA) is 96.4 Å². The number of anilines is 1. The Morgan fingerprint density at radius 2 is 1.78 bits per heavy atom. The van der Waals surface area contributed by atoms with Crippen molar-refractivity contribution in [3.05, 3.63) is 89.5 Å². The maximum Gasteiger partial charge on any atom is 0.313 e. The molecule has 4 aliphatic rings. The number of rotatable bonds is 4. The number of carbonyl (C=O) groups excluding carboxylic acids is 3. The lowest BCUT2D eigenvalue weighted by molar-refractivity contribution is -0.153. The van der Waals surface area contributed by atoms with Crippen molar-refractivity contribution in [2.45, 2.75) is 23.8 Å². The summed E-state index contributed by atoms with van der Waals surface area (Å²) in [4.78, 5) is 44.7. The fourth-order valence-corrected chi connectivity index (χ4v) is 6.40. The molecule has 0 radical (unpaired) electrons. The standard InChI is InChI=1S/C28H25ClN2O6/c29-18-10-4-5-11-19(18)30-14-7-13-28-23(22-21(37-28)12-6-15-36-27(22)35)25(33)31(24(28)26(30)34)20(16-32)17-8-2-1-3-9-17/h1-13,20-24,32H,14-16H2/t20-,21-,22+,23+,24?,28+/m1/s1. The van der Waals surface area contributed by atoms with Crippen LogP contribution in [0.25, 0.3) is 0 Å². The van der Waals surface area contributed by atoms with E-state index in [2.05, 4.69) is 0 Å². The van der Waals surface area contributed by atoms with Gasteiger partial charge in [-0.1, -0.05) is 72.3 Å². The lowest BCUT2D eigenvalue weighted by Crippen LogP contribution is -2.56. The van der Waals surface area contributed by atoms with Crippen LogP contribution in [0.1, 0.15) is 11.6 Å². The highest BCUT2D eigenvalue weighted by atomic mass is 35.5. The van der Waals surface area contributed by atoms with E-state index in [0.717, 1.165) is 0 Å². The fraction of sp³-hybridized carbons (Fsp3) is 0.321. The first-order valence-corrected chi connectivity index (χ1v) is 12.6. The minimum Gasteiger partial charge on any atom is -0.461 e. The van der Waals surface area contributed by atoms with Crippen LogP contribution in [0.15, 0.2) is 78.9 Å². The molecule has 2 fully saturated rings. The smallest absolute Gasteiger partial charge is 0.313 e. The monoisotopic (exact) mass is 520 g/mol. The number of halogens is 1. The van der Waals surface area contributed by atoms with Gasteiger partial charge in [-0.15, -0.1) is 0 Å². The summed E-state index contributed by atoms with van der Waals surface area (Å²) in [5.74, 6) is -3.30. The van der Waals surface area contributed by atoms with E-state index in [9.17, 15) is 19.5 Å². The molecule has 1 N–H and O–H groups in total. The van der Waals surface area contributed by atoms with Gasteiger partial charge in [-0.05, 0) is 23.8 Å². The molecule has 6 atom stereocenters. The van der Waals surface area contributed by atoms with Gasteiger partial charge in [-0.25, -0.2) is 0 Å². The van der Waals surface area contributed by atoms with E-state index < -0.39 is 60.0 Å². The van der Waals surface area contributed by atoms with Gasteiger partial charge >= 0.3 is 5.97 Å². The van der Waals surface area contributed by atoms with Crippen molar-refractivity contribution >= 4 is 35.1 Å². The molecular formula is C28H25ClN2O6. The largest absolute Gasteiger partial charge is 0.461 e. The number of nitrogens with zero attached hydrogens (tertiary/aromatic N) is 2. The Morgan fingerprint density at radius 1 is 1.03 bits per heavy atom. The molecule has 37 heavy (non-hydrogen) atoms. The average Bonchev–Trinajstić information content (AvgIpc) is 3.20. The Labute approximate surface area is 218 Å². The Kier molecular flexibility index (Phi) is 5.90. The van der Waals surface area contributed by atoms with Crippen molar-refractivity contribution in [2.24, 2.45) is 11.8 Å². The Hall–Kier alpha value is -3.46. The molecule has 4 heterocycles. The number of likely N-dealkylation sites (tertiary alicyclic amines) is 1. The molecule has 9 heteroatoms. The van der Waals surface area contributed by atoms with Gasteiger partial charge in [-0.3, -0.25) is 14.4 Å². The second kappa shape index (κ2) is 9.13. The van der Waals surface area contributed by atoms with E-state index in [0.29, 0.717) is 16.3 Å². The summed E-state index contributed by atoms with van der Waals surface area (Å²) < 4.78 is 11.9. The highest BCUT2D eigenvalue weighted by Gasteiger charge is 2.72. The molecule has 4 aliphatic heterocycles. The van der Waals surface area contributed by atoms with E-state index in [-0.39, 0.29) is 13.2 Å².